The second-order valence-corrected chi connectivity index (χ2v) is 3.45. The summed E-state index contributed by atoms with van der Waals surface area (Å²) in [6.45, 7) is 7.72. The Hall–Kier alpha value is -1.06. The first-order valence-electron chi connectivity index (χ1n) is 4.12. The van der Waals surface area contributed by atoms with Crippen LogP contribution in [0.4, 0.5) is 0 Å². The Labute approximate surface area is 78.2 Å². The molecule has 0 aromatic carbocycles. The lowest BCUT2D eigenvalue weighted by molar-refractivity contribution is -0.176. The highest BCUT2D eigenvalue weighted by molar-refractivity contribution is 5.67. The lowest BCUT2D eigenvalue weighted by Gasteiger charge is -2.30. The quantitative estimate of drug-likeness (QED) is 0.626. The molecule has 0 aromatic heterocycles. The van der Waals surface area contributed by atoms with E-state index in [0.29, 0.717) is 0 Å². The standard InChI is InChI=1S/C9H16O4/c1-6(12-7(2)10)9(4,5)13-8(3)11/h6H,1-5H3. The normalized spacial score (nSPS) is 13.3. The fourth-order valence-corrected chi connectivity index (χ4v) is 0.844. The molecule has 4 nitrogen and oxygen atoms in total. The zero-order valence-electron chi connectivity index (χ0n) is 8.71. The van der Waals surface area contributed by atoms with Gasteiger partial charge in [-0.2, -0.15) is 0 Å². The summed E-state index contributed by atoms with van der Waals surface area (Å²) in [6.07, 6.45) is -0.450. The smallest absolute Gasteiger partial charge is 0.303 e. The van der Waals surface area contributed by atoms with Crippen molar-refractivity contribution in [1.82, 2.24) is 0 Å². The first-order chi connectivity index (χ1) is 5.75. The summed E-state index contributed by atoms with van der Waals surface area (Å²) in [5, 5.41) is 0. The van der Waals surface area contributed by atoms with E-state index in [-0.39, 0.29) is 11.9 Å². The highest BCUT2D eigenvalue weighted by atomic mass is 16.6. The molecule has 0 bridgehead atoms. The van der Waals surface area contributed by atoms with Crippen molar-refractivity contribution in [3.8, 4) is 0 Å². The number of hydrogen-bond acceptors (Lipinski definition) is 4. The molecule has 0 saturated heterocycles. The Bertz CT molecular complexity index is 208. The monoisotopic (exact) mass is 188 g/mol. The molecule has 4 heteroatoms. The van der Waals surface area contributed by atoms with Crippen molar-refractivity contribution in [2.24, 2.45) is 0 Å². The number of ether oxygens (including phenoxy) is 2. The lowest BCUT2D eigenvalue weighted by Crippen LogP contribution is -2.41. The van der Waals surface area contributed by atoms with Crippen molar-refractivity contribution in [1.29, 1.82) is 0 Å². The van der Waals surface area contributed by atoms with Gasteiger partial charge < -0.3 is 9.47 Å². The van der Waals surface area contributed by atoms with Crippen LogP contribution in [0.15, 0.2) is 0 Å². The minimum atomic E-state index is -0.780. The zero-order chi connectivity index (χ0) is 10.6. The van der Waals surface area contributed by atoms with Crippen LogP contribution >= 0.6 is 0 Å². The average molecular weight is 188 g/mol. The van der Waals surface area contributed by atoms with Gasteiger partial charge in [-0.3, -0.25) is 9.59 Å². The molecule has 0 saturated carbocycles. The summed E-state index contributed by atoms with van der Waals surface area (Å²) >= 11 is 0. The molecule has 0 radical (unpaired) electrons. The van der Waals surface area contributed by atoms with E-state index in [1.165, 1.54) is 13.8 Å². The van der Waals surface area contributed by atoms with Crippen LogP contribution < -0.4 is 0 Å². The van der Waals surface area contributed by atoms with E-state index in [2.05, 4.69) is 0 Å². The molecular formula is C9H16O4. The van der Waals surface area contributed by atoms with Crippen LogP contribution in [0.1, 0.15) is 34.6 Å². The van der Waals surface area contributed by atoms with Crippen LogP contribution in [0, 0.1) is 0 Å². The summed E-state index contributed by atoms with van der Waals surface area (Å²) in [5.74, 6) is -0.767. The minimum absolute atomic E-state index is 0.382. The van der Waals surface area contributed by atoms with E-state index in [1.807, 2.05) is 0 Å². The molecule has 13 heavy (non-hydrogen) atoms. The van der Waals surface area contributed by atoms with E-state index in [9.17, 15) is 9.59 Å². The summed E-state index contributed by atoms with van der Waals surface area (Å²) in [4.78, 5) is 21.3. The number of hydrogen-bond donors (Lipinski definition) is 0. The second-order valence-electron chi connectivity index (χ2n) is 3.45. The fraction of sp³-hybridized carbons (Fsp3) is 0.778. The second kappa shape index (κ2) is 4.25. The van der Waals surface area contributed by atoms with E-state index < -0.39 is 11.7 Å². The Morgan fingerprint density at radius 1 is 1.15 bits per heavy atom. The zero-order valence-corrected chi connectivity index (χ0v) is 8.71. The molecule has 1 unspecified atom stereocenters. The Morgan fingerprint density at radius 3 is 1.92 bits per heavy atom. The van der Waals surface area contributed by atoms with Crippen LogP contribution in [-0.2, 0) is 19.1 Å². The molecule has 1 atom stereocenters. The molecule has 0 N–H and O–H groups in total. The molecule has 76 valence electrons. The molecule has 0 spiro atoms. The Kier molecular flexibility index (Phi) is 3.91. The topological polar surface area (TPSA) is 52.6 Å². The molecule has 0 amide bonds. The molecule has 0 aromatic rings. The molecular weight excluding hydrogens is 172 g/mol. The number of esters is 2. The van der Waals surface area contributed by atoms with Crippen molar-refractivity contribution in [2.45, 2.75) is 46.3 Å². The highest BCUT2D eigenvalue weighted by Crippen LogP contribution is 2.17. The van der Waals surface area contributed by atoms with Crippen LogP contribution in [0.3, 0.4) is 0 Å². The van der Waals surface area contributed by atoms with Gasteiger partial charge in [0.2, 0.25) is 0 Å². The summed E-state index contributed by atoms with van der Waals surface area (Å²) in [5.41, 5.74) is -0.780. The molecule has 0 fully saturated rings. The highest BCUT2D eigenvalue weighted by Gasteiger charge is 2.31. The third-order valence-electron chi connectivity index (χ3n) is 1.73. The summed E-state index contributed by atoms with van der Waals surface area (Å²) < 4.78 is 9.88. The molecule has 0 aliphatic heterocycles. The van der Waals surface area contributed by atoms with Gasteiger partial charge in [-0.1, -0.05) is 0 Å². The van der Waals surface area contributed by atoms with Gasteiger partial charge in [0.05, 0.1) is 0 Å². The van der Waals surface area contributed by atoms with Gasteiger partial charge in [-0.25, -0.2) is 0 Å². The minimum Gasteiger partial charge on any atom is -0.459 e. The Balaban J connectivity index is 4.25. The molecule has 0 heterocycles. The van der Waals surface area contributed by atoms with Gasteiger partial charge in [-0.05, 0) is 20.8 Å². The first kappa shape index (κ1) is 11.9. The van der Waals surface area contributed by atoms with Crippen molar-refractivity contribution in [3.05, 3.63) is 0 Å². The van der Waals surface area contributed by atoms with Crippen molar-refractivity contribution in [3.63, 3.8) is 0 Å². The third-order valence-corrected chi connectivity index (χ3v) is 1.73. The van der Waals surface area contributed by atoms with Gasteiger partial charge in [-0.15, -0.1) is 0 Å². The van der Waals surface area contributed by atoms with Crippen molar-refractivity contribution in [2.75, 3.05) is 0 Å². The molecule has 0 aliphatic rings. The van der Waals surface area contributed by atoms with Gasteiger partial charge in [0, 0.05) is 13.8 Å². The number of carbonyl (C=O) groups excluding carboxylic acids is 2. The van der Waals surface area contributed by atoms with E-state index in [4.69, 9.17) is 9.47 Å². The summed E-state index contributed by atoms with van der Waals surface area (Å²) in [6, 6.07) is 0. The van der Waals surface area contributed by atoms with Crippen LogP contribution in [0.5, 0.6) is 0 Å². The largest absolute Gasteiger partial charge is 0.459 e. The maximum atomic E-state index is 10.7. The first-order valence-corrected chi connectivity index (χ1v) is 4.12. The predicted octanol–water partition coefficient (Wildman–Crippen LogP) is 1.28. The van der Waals surface area contributed by atoms with Crippen LogP contribution in [0.25, 0.3) is 0 Å². The third kappa shape index (κ3) is 4.50. The van der Waals surface area contributed by atoms with Gasteiger partial charge in [0.25, 0.3) is 0 Å². The maximum absolute atomic E-state index is 10.7. The van der Waals surface area contributed by atoms with Gasteiger partial charge in [0.1, 0.15) is 11.7 Å². The number of rotatable bonds is 3. The van der Waals surface area contributed by atoms with Gasteiger partial charge in [0.15, 0.2) is 0 Å². The van der Waals surface area contributed by atoms with Gasteiger partial charge >= 0.3 is 11.9 Å². The van der Waals surface area contributed by atoms with E-state index in [1.54, 1.807) is 20.8 Å². The number of carbonyl (C=O) groups is 2. The lowest BCUT2D eigenvalue weighted by atomic mass is 10.0. The van der Waals surface area contributed by atoms with E-state index in [0.717, 1.165) is 0 Å². The molecule has 0 aliphatic carbocycles. The van der Waals surface area contributed by atoms with E-state index >= 15 is 0 Å². The molecule has 0 rings (SSSR count). The van der Waals surface area contributed by atoms with Crippen molar-refractivity contribution < 1.29 is 19.1 Å². The maximum Gasteiger partial charge on any atom is 0.303 e. The fourth-order valence-electron chi connectivity index (χ4n) is 0.844. The Morgan fingerprint density at radius 2 is 1.62 bits per heavy atom. The van der Waals surface area contributed by atoms with Crippen LogP contribution in [0.2, 0.25) is 0 Å². The average Bonchev–Trinajstić information content (AvgIpc) is 1.81. The van der Waals surface area contributed by atoms with Crippen molar-refractivity contribution >= 4 is 11.9 Å². The van der Waals surface area contributed by atoms with Crippen LogP contribution in [-0.4, -0.2) is 23.6 Å². The predicted molar refractivity (Wildman–Crippen MR) is 47.1 cm³/mol. The summed E-state index contributed by atoms with van der Waals surface area (Å²) in [7, 11) is 0. The SMILES string of the molecule is CC(=O)OC(C)C(C)(C)OC(C)=O.